The fourth-order valence-corrected chi connectivity index (χ4v) is 4.09. The van der Waals surface area contributed by atoms with Gasteiger partial charge in [-0.05, 0) is 35.6 Å². The number of hydrogen-bond donors (Lipinski definition) is 1. The van der Waals surface area contributed by atoms with E-state index in [1.54, 1.807) is 17.5 Å². The number of amides is 1. The van der Waals surface area contributed by atoms with Crippen molar-refractivity contribution >= 4 is 28.7 Å². The standard InChI is InChI=1S/C22H17NO3S/c1-14-8-5-6-11-16(14)23-19(15-9-3-2-4-10-15)18(21(25)22(23)26)20(24)17-12-7-13-27-17/h2-13,19,25H,1H3. The summed E-state index contributed by atoms with van der Waals surface area (Å²) in [4.78, 5) is 28.1. The van der Waals surface area contributed by atoms with E-state index in [1.165, 1.54) is 16.2 Å². The van der Waals surface area contributed by atoms with Crippen LogP contribution in [0.15, 0.2) is 83.4 Å². The number of rotatable bonds is 4. The number of ketones is 1. The zero-order valence-corrected chi connectivity index (χ0v) is 15.4. The minimum atomic E-state index is -0.672. The molecule has 4 rings (SSSR count). The first kappa shape index (κ1) is 17.2. The van der Waals surface area contributed by atoms with Gasteiger partial charge in [-0.2, -0.15) is 0 Å². The van der Waals surface area contributed by atoms with Crippen molar-refractivity contribution in [1.29, 1.82) is 0 Å². The number of carbonyl (C=O) groups excluding carboxylic acids is 2. The molecule has 2 heterocycles. The van der Waals surface area contributed by atoms with Crippen molar-refractivity contribution < 1.29 is 14.7 Å². The molecule has 1 N–H and O–H groups in total. The highest BCUT2D eigenvalue weighted by molar-refractivity contribution is 7.12. The highest BCUT2D eigenvalue weighted by Gasteiger charge is 2.45. The van der Waals surface area contributed by atoms with Crippen LogP contribution in [0.3, 0.4) is 0 Å². The minimum absolute atomic E-state index is 0.122. The average Bonchev–Trinajstić information content (AvgIpc) is 3.31. The van der Waals surface area contributed by atoms with Gasteiger partial charge in [0.2, 0.25) is 5.78 Å². The molecule has 2 aromatic carbocycles. The van der Waals surface area contributed by atoms with E-state index in [9.17, 15) is 14.7 Å². The molecule has 0 bridgehead atoms. The SMILES string of the molecule is Cc1ccccc1N1C(=O)C(O)=C(C(=O)c2cccs2)C1c1ccccc1. The number of nitrogens with zero attached hydrogens (tertiary/aromatic N) is 1. The number of carbonyl (C=O) groups is 2. The molecule has 1 aromatic heterocycles. The van der Waals surface area contributed by atoms with Crippen molar-refractivity contribution in [3.63, 3.8) is 0 Å². The van der Waals surface area contributed by atoms with Crippen molar-refractivity contribution in [2.45, 2.75) is 13.0 Å². The number of benzene rings is 2. The van der Waals surface area contributed by atoms with Crippen LogP contribution in [0.4, 0.5) is 5.69 Å². The lowest BCUT2D eigenvalue weighted by Gasteiger charge is -2.28. The van der Waals surface area contributed by atoms with Gasteiger partial charge in [0.1, 0.15) is 0 Å². The number of aryl methyl sites for hydroxylation is 1. The maximum atomic E-state index is 13.1. The average molecular weight is 375 g/mol. The maximum Gasteiger partial charge on any atom is 0.294 e. The van der Waals surface area contributed by atoms with Crippen LogP contribution in [-0.4, -0.2) is 16.8 Å². The van der Waals surface area contributed by atoms with Gasteiger partial charge in [-0.25, -0.2) is 0 Å². The van der Waals surface area contributed by atoms with Crippen molar-refractivity contribution in [2.24, 2.45) is 0 Å². The van der Waals surface area contributed by atoms with E-state index >= 15 is 0 Å². The monoisotopic (exact) mass is 375 g/mol. The summed E-state index contributed by atoms with van der Waals surface area (Å²) in [6.45, 7) is 1.90. The highest BCUT2D eigenvalue weighted by Crippen LogP contribution is 2.43. The molecule has 0 spiro atoms. The maximum absolute atomic E-state index is 13.1. The molecule has 0 saturated carbocycles. The van der Waals surface area contributed by atoms with Crippen molar-refractivity contribution in [3.05, 3.63) is 99.4 Å². The molecule has 1 aliphatic heterocycles. The molecule has 0 saturated heterocycles. The Morgan fingerprint density at radius 1 is 1.00 bits per heavy atom. The topological polar surface area (TPSA) is 57.6 Å². The Bertz CT molecular complexity index is 1040. The van der Waals surface area contributed by atoms with Crippen molar-refractivity contribution in [1.82, 2.24) is 0 Å². The van der Waals surface area contributed by atoms with Gasteiger partial charge in [0.25, 0.3) is 5.91 Å². The molecule has 0 fully saturated rings. The molecule has 1 aliphatic rings. The lowest BCUT2D eigenvalue weighted by molar-refractivity contribution is -0.117. The first-order chi connectivity index (χ1) is 13.1. The molecule has 134 valence electrons. The Kier molecular flexibility index (Phi) is 4.38. The Balaban J connectivity index is 1.91. The van der Waals surface area contributed by atoms with Crippen LogP contribution < -0.4 is 4.90 Å². The van der Waals surface area contributed by atoms with Gasteiger partial charge in [0.15, 0.2) is 5.76 Å². The molecule has 0 aliphatic carbocycles. The minimum Gasteiger partial charge on any atom is -0.503 e. The van der Waals surface area contributed by atoms with E-state index in [4.69, 9.17) is 0 Å². The normalized spacial score (nSPS) is 16.9. The van der Waals surface area contributed by atoms with E-state index < -0.39 is 17.7 Å². The van der Waals surface area contributed by atoms with Gasteiger partial charge >= 0.3 is 0 Å². The van der Waals surface area contributed by atoms with Crippen LogP contribution in [0.2, 0.25) is 0 Å². The second-order valence-electron chi connectivity index (χ2n) is 6.34. The number of aliphatic hydroxyl groups is 1. The summed E-state index contributed by atoms with van der Waals surface area (Å²) in [5.74, 6) is -1.36. The third kappa shape index (κ3) is 2.86. The molecule has 1 unspecified atom stereocenters. The third-order valence-corrected chi connectivity index (χ3v) is 5.56. The predicted octanol–water partition coefficient (Wildman–Crippen LogP) is 4.84. The van der Waals surface area contributed by atoms with Crippen LogP contribution in [0.25, 0.3) is 0 Å². The first-order valence-corrected chi connectivity index (χ1v) is 9.43. The lowest BCUT2D eigenvalue weighted by Crippen LogP contribution is -2.31. The van der Waals surface area contributed by atoms with Crippen LogP contribution in [-0.2, 0) is 4.79 Å². The number of anilines is 1. The van der Waals surface area contributed by atoms with Crippen molar-refractivity contribution in [2.75, 3.05) is 4.90 Å². The van der Waals surface area contributed by atoms with Gasteiger partial charge < -0.3 is 5.11 Å². The number of aliphatic hydroxyl groups excluding tert-OH is 1. The number of Topliss-reactive ketones (excluding diaryl/α,β-unsaturated/α-hetero) is 1. The summed E-state index contributed by atoms with van der Waals surface area (Å²) in [5.41, 5.74) is 2.47. The molecule has 1 atom stereocenters. The van der Waals surface area contributed by atoms with Crippen LogP contribution in [0.1, 0.15) is 26.8 Å². The summed E-state index contributed by atoms with van der Waals surface area (Å²) >= 11 is 1.29. The van der Waals surface area contributed by atoms with E-state index in [2.05, 4.69) is 0 Å². The second kappa shape index (κ2) is 6.85. The van der Waals surface area contributed by atoms with E-state index in [0.29, 0.717) is 10.6 Å². The Labute approximate surface area is 161 Å². The summed E-state index contributed by atoms with van der Waals surface area (Å²) < 4.78 is 0. The molecule has 1 amide bonds. The smallest absolute Gasteiger partial charge is 0.294 e. The Hall–Kier alpha value is -3.18. The van der Waals surface area contributed by atoms with Gasteiger partial charge in [-0.1, -0.05) is 54.6 Å². The van der Waals surface area contributed by atoms with Crippen LogP contribution >= 0.6 is 11.3 Å². The largest absolute Gasteiger partial charge is 0.503 e. The predicted molar refractivity (Wildman–Crippen MR) is 106 cm³/mol. The highest BCUT2D eigenvalue weighted by atomic mass is 32.1. The Morgan fingerprint density at radius 3 is 2.37 bits per heavy atom. The second-order valence-corrected chi connectivity index (χ2v) is 7.29. The number of thiophene rings is 1. The molecule has 0 radical (unpaired) electrons. The van der Waals surface area contributed by atoms with Gasteiger partial charge in [-0.15, -0.1) is 11.3 Å². The molecule has 3 aromatic rings. The molecular formula is C22H17NO3S. The first-order valence-electron chi connectivity index (χ1n) is 8.55. The van der Waals surface area contributed by atoms with Gasteiger partial charge in [0.05, 0.1) is 16.5 Å². The summed E-state index contributed by atoms with van der Waals surface area (Å²) in [5, 5.41) is 12.5. The Morgan fingerprint density at radius 2 is 1.70 bits per heavy atom. The molecular weight excluding hydrogens is 358 g/mol. The third-order valence-electron chi connectivity index (χ3n) is 4.69. The van der Waals surface area contributed by atoms with Crippen LogP contribution in [0, 0.1) is 6.92 Å². The molecule has 27 heavy (non-hydrogen) atoms. The quantitative estimate of drug-likeness (QED) is 0.664. The zero-order chi connectivity index (χ0) is 19.0. The van der Waals surface area contributed by atoms with E-state index in [-0.39, 0.29) is 11.4 Å². The van der Waals surface area contributed by atoms with Gasteiger partial charge in [-0.3, -0.25) is 14.5 Å². The fraction of sp³-hybridized carbons (Fsp3) is 0.0909. The van der Waals surface area contributed by atoms with Gasteiger partial charge in [0, 0.05) is 5.69 Å². The number of hydrogen-bond acceptors (Lipinski definition) is 4. The summed E-state index contributed by atoms with van der Waals surface area (Å²) in [6.07, 6.45) is 0. The summed E-state index contributed by atoms with van der Waals surface area (Å²) in [6, 6.07) is 19.6. The number of para-hydroxylation sites is 1. The fourth-order valence-electron chi connectivity index (χ4n) is 3.41. The zero-order valence-electron chi connectivity index (χ0n) is 14.6. The van der Waals surface area contributed by atoms with E-state index in [1.807, 2.05) is 61.5 Å². The van der Waals surface area contributed by atoms with Crippen molar-refractivity contribution in [3.8, 4) is 0 Å². The molecule has 4 nitrogen and oxygen atoms in total. The van der Waals surface area contributed by atoms with Crippen LogP contribution in [0.5, 0.6) is 0 Å². The molecule has 5 heteroatoms. The lowest BCUT2D eigenvalue weighted by atomic mass is 9.95. The summed E-state index contributed by atoms with van der Waals surface area (Å²) in [7, 11) is 0. The van der Waals surface area contributed by atoms with E-state index in [0.717, 1.165) is 11.1 Å².